The highest BCUT2D eigenvalue weighted by molar-refractivity contribution is 5.37. The molecule has 0 fully saturated rings. The van der Waals surface area contributed by atoms with Gasteiger partial charge in [-0.3, -0.25) is 0 Å². The first-order valence-corrected chi connectivity index (χ1v) is 5.41. The summed E-state index contributed by atoms with van der Waals surface area (Å²) in [5, 5.41) is 3.21. The molecule has 0 aromatic heterocycles. The molecule has 0 radical (unpaired) electrons. The Balaban J connectivity index is 3.23. The summed E-state index contributed by atoms with van der Waals surface area (Å²) in [4.78, 5) is 0. The molecule has 1 aromatic rings. The van der Waals surface area contributed by atoms with Crippen molar-refractivity contribution in [1.29, 1.82) is 0 Å². The van der Waals surface area contributed by atoms with E-state index >= 15 is 0 Å². The summed E-state index contributed by atoms with van der Waals surface area (Å²) < 4.78 is 18.6. The standard InChI is InChI=1S/C13H20FNO/c1-13(2,3)12(15-4)10-8-9(14)6-7-11(10)16-5/h6-8,12,15H,1-5H3. The molecule has 16 heavy (non-hydrogen) atoms. The zero-order chi connectivity index (χ0) is 12.3. The van der Waals surface area contributed by atoms with Crippen LogP contribution in [-0.4, -0.2) is 14.2 Å². The number of methoxy groups -OCH3 is 1. The van der Waals surface area contributed by atoms with Gasteiger partial charge in [0, 0.05) is 11.6 Å². The van der Waals surface area contributed by atoms with Crippen molar-refractivity contribution in [2.75, 3.05) is 14.2 Å². The van der Waals surface area contributed by atoms with Gasteiger partial charge in [-0.05, 0) is 30.7 Å². The first-order chi connectivity index (χ1) is 7.40. The Hall–Kier alpha value is -1.09. The molecule has 0 amide bonds. The summed E-state index contributed by atoms with van der Waals surface area (Å²) in [5.74, 6) is 0.482. The third-order valence-electron chi connectivity index (χ3n) is 2.66. The van der Waals surface area contributed by atoms with Crippen molar-refractivity contribution in [2.24, 2.45) is 5.41 Å². The SMILES string of the molecule is CNC(c1cc(F)ccc1OC)C(C)(C)C. The fourth-order valence-electron chi connectivity index (χ4n) is 1.99. The maximum Gasteiger partial charge on any atom is 0.123 e. The zero-order valence-corrected chi connectivity index (χ0v) is 10.6. The van der Waals surface area contributed by atoms with E-state index < -0.39 is 0 Å². The van der Waals surface area contributed by atoms with Gasteiger partial charge >= 0.3 is 0 Å². The summed E-state index contributed by atoms with van der Waals surface area (Å²) in [6.45, 7) is 6.33. The predicted octanol–water partition coefficient (Wildman–Crippen LogP) is 3.14. The number of hydrogen-bond acceptors (Lipinski definition) is 2. The lowest BCUT2D eigenvalue weighted by Gasteiger charge is -2.31. The van der Waals surface area contributed by atoms with Gasteiger partial charge in [0.2, 0.25) is 0 Å². The summed E-state index contributed by atoms with van der Waals surface area (Å²) >= 11 is 0. The molecule has 0 aliphatic rings. The van der Waals surface area contributed by atoms with E-state index in [1.54, 1.807) is 13.2 Å². The third kappa shape index (κ3) is 2.73. The lowest BCUT2D eigenvalue weighted by Crippen LogP contribution is -2.30. The number of halogens is 1. The molecule has 0 saturated heterocycles. The molecule has 1 atom stereocenters. The molecule has 1 unspecified atom stereocenters. The van der Waals surface area contributed by atoms with Gasteiger partial charge in [-0.2, -0.15) is 0 Å². The van der Waals surface area contributed by atoms with Crippen molar-refractivity contribution in [2.45, 2.75) is 26.8 Å². The first-order valence-electron chi connectivity index (χ1n) is 5.41. The average molecular weight is 225 g/mol. The largest absolute Gasteiger partial charge is 0.496 e. The maximum absolute atomic E-state index is 13.3. The lowest BCUT2D eigenvalue weighted by molar-refractivity contribution is 0.277. The molecule has 0 aliphatic carbocycles. The minimum absolute atomic E-state index is 0.00414. The van der Waals surface area contributed by atoms with E-state index in [-0.39, 0.29) is 17.3 Å². The molecule has 0 aliphatic heterocycles. The monoisotopic (exact) mass is 225 g/mol. The Labute approximate surface area is 96.8 Å². The Kier molecular flexibility index (Phi) is 3.92. The van der Waals surface area contributed by atoms with Gasteiger partial charge < -0.3 is 10.1 Å². The van der Waals surface area contributed by atoms with Crippen molar-refractivity contribution in [3.05, 3.63) is 29.6 Å². The smallest absolute Gasteiger partial charge is 0.123 e. The second kappa shape index (κ2) is 4.83. The first kappa shape index (κ1) is 13.0. The minimum Gasteiger partial charge on any atom is -0.496 e. The van der Waals surface area contributed by atoms with Gasteiger partial charge in [0.05, 0.1) is 7.11 Å². The highest BCUT2D eigenvalue weighted by atomic mass is 19.1. The second-order valence-electron chi connectivity index (χ2n) is 4.97. The Morgan fingerprint density at radius 2 is 1.94 bits per heavy atom. The molecule has 0 heterocycles. The van der Waals surface area contributed by atoms with Crippen LogP contribution in [0.5, 0.6) is 5.75 Å². The summed E-state index contributed by atoms with van der Waals surface area (Å²) in [5.41, 5.74) is 0.855. The van der Waals surface area contributed by atoms with E-state index in [9.17, 15) is 4.39 Å². The molecule has 3 heteroatoms. The third-order valence-corrected chi connectivity index (χ3v) is 2.66. The average Bonchev–Trinajstić information content (AvgIpc) is 2.17. The van der Waals surface area contributed by atoms with Crippen LogP contribution in [0.4, 0.5) is 4.39 Å². The normalized spacial score (nSPS) is 13.6. The van der Waals surface area contributed by atoms with Gasteiger partial charge in [0.15, 0.2) is 0 Å². The van der Waals surface area contributed by atoms with Gasteiger partial charge in [-0.25, -0.2) is 4.39 Å². The van der Waals surface area contributed by atoms with Crippen molar-refractivity contribution in [1.82, 2.24) is 5.32 Å². The van der Waals surface area contributed by atoms with Crippen LogP contribution in [0.15, 0.2) is 18.2 Å². The predicted molar refractivity (Wildman–Crippen MR) is 64.2 cm³/mol. The van der Waals surface area contributed by atoms with Crippen LogP contribution in [0, 0.1) is 11.2 Å². The molecule has 0 saturated carbocycles. The summed E-state index contributed by atoms with van der Waals surface area (Å²) in [6, 6.07) is 4.67. The molecule has 1 rings (SSSR count). The van der Waals surface area contributed by atoms with Crippen LogP contribution in [0.25, 0.3) is 0 Å². The summed E-state index contributed by atoms with van der Waals surface area (Å²) in [6.07, 6.45) is 0. The van der Waals surface area contributed by atoms with Crippen LogP contribution in [-0.2, 0) is 0 Å². The quantitative estimate of drug-likeness (QED) is 0.853. The fourth-order valence-corrected chi connectivity index (χ4v) is 1.99. The van der Waals surface area contributed by atoms with Crippen LogP contribution < -0.4 is 10.1 Å². The van der Waals surface area contributed by atoms with E-state index in [0.717, 1.165) is 11.3 Å². The fraction of sp³-hybridized carbons (Fsp3) is 0.538. The van der Waals surface area contributed by atoms with E-state index in [2.05, 4.69) is 26.1 Å². The van der Waals surface area contributed by atoms with Crippen molar-refractivity contribution in [3.8, 4) is 5.75 Å². The van der Waals surface area contributed by atoms with Crippen LogP contribution in [0.1, 0.15) is 32.4 Å². The minimum atomic E-state index is -0.236. The Bertz CT molecular complexity index is 357. The zero-order valence-electron chi connectivity index (χ0n) is 10.6. The van der Waals surface area contributed by atoms with E-state index in [1.807, 2.05) is 7.05 Å². The molecular weight excluding hydrogens is 205 g/mol. The van der Waals surface area contributed by atoms with Crippen molar-refractivity contribution in [3.63, 3.8) is 0 Å². The van der Waals surface area contributed by atoms with Crippen LogP contribution in [0.3, 0.4) is 0 Å². The number of nitrogens with one attached hydrogen (secondary N) is 1. The molecule has 0 bridgehead atoms. The van der Waals surface area contributed by atoms with Gasteiger partial charge in [-0.15, -0.1) is 0 Å². The molecule has 1 aromatic carbocycles. The Morgan fingerprint density at radius 1 is 1.31 bits per heavy atom. The lowest BCUT2D eigenvalue weighted by atomic mass is 9.82. The number of ether oxygens (including phenoxy) is 1. The molecule has 1 N–H and O–H groups in total. The topological polar surface area (TPSA) is 21.3 Å². The van der Waals surface area contributed by atoms with Crippen LogP contribution >= 0.6 is 0 Å². The van der Waals surface area contributed by atoms with Crippen molar-refractivity contribution < 1.29 is 9.13 Å². The summed E-state index contributed by atoms with van der Waals surface area (Å²) in [7, 11) is 3.48. The molecule has 0 spiro atoms. The number of rotatable bonds is 3. The van der Waals surface area contributed by atoms with Crippen molar-refractivity contribution >= 4 is 0 Å². The van der Waals surface area contributed by atoms with Crippen LogP contribution in [0.2, 0.25) is 0 Å². The highest BCUT2D eigenvalue weighted by Crippen LogP contribution is 2.37. The highest BCUT2D eigenvalue weighted by Gasteiger charge is 2.27. The van der Waals surface area contributed by atoms with Gasteiger partial charge in [0.1, 0.15) is 11.6 Å². The number of benzene rings is 1. The molecule has 90 valence electrons. The second-order valence-corrected chi connectivity index (χ2v) is 4.97. The Morgan fingerprint density at radius 3 is 2.38 bits per heavy atom. The number of hydrogen-bond donors (Lipinski definition) is 1. The van der Waals surface area contributed by atoms with Gasteiger partial charge in [-0.1, -0.05) is 20.8 Å². The molecule has 2 nitrogen and oxygen atoms in total. The van der Waals surface area contributed by atoms with E-state index in [0.29, 0.717) is 0 Å². The van der Waals surface area contributed by atoms with E-state index in [1.165, 1.54) is 12.1 Å². The molecular formula is C13H20FNO. The van der Waals surface area contributed by atoms with E-state index in [4.69, 9.17) is 4.74 Å². The van der Waals surface area contributed by atoms with Gasteiger partial charge in [0.25, 0.3) is 0 Å². The maximum atomic E-state index is 13.3.